The Morgan fingerprint density at radius 1 is 1.06 bits per heavy atom. The Balaban J connectivity index is 1.98. The molecule has 0 bridgehead atoms. The van der Waals surface area contributed by atoms with Gasteiger partial charge >= 0.3 is 0 Å². The van der Waals surface area contributed by atoms with E-state index in [1.807, 2.05) is 0 Å². The number of hydrogen-bond acceptors (Lipinski definition) is 2. The van der Waals surface area contributed by atoms with Gasteiger partial charge in [0.2, 0.25) is 0 Å². The van der Waals surface area contributed by atoms with Crippen LogP contribution in [0.2, 0.25) is 0 Å². The summed E-state index contributed by atoms with van der Waals surface area (Å²) >= 11 is 0. The summed E-state index contributed by atoms with van der Waals surface area (Å²) < 4.78 is 2.06. The van der Waals surface area contributed by atoms with Crippen LogP contribution in [-0.2, 0) is 12.8 Å². The lowest BCUT2D eigenvalue weighted by molar-refractivity contribution is 0.326. The number of rotatable bonds is 1. The molecule has 0 aromatic carbocycles. The van der Waals surface area contributed by atoms with Crippen molar-refractivity contribution in [2.45, 2.75) is 63.8 Å². The molecule has 3 heteroatoms. The summed E-state index contributed by atoms with van der Waals surface area (Å²) in [6.07, 6.45) is 10.9. The van der Waals surface area contributed by atoms with Gasteiger partial charge in [-0.05, 0) is 38.5 Å². The van der Waals surface area contributed by atoms with Crippen LogP contribution in [0.1, 0.15) is 67.9 Å². The number of nitrogens with zero attached hydrogens (tertiary/aromatic N) is 3. The Bertz CT molecular complexity index is 447. The summed E-state index contributed by atoms with van der Waals surface area (Å²) in [5.74, 6) is 0. The Morgan fingerprint density at radius 3 is 2.59 bits per heavy atom. The van der Waals surface area contributed by atoms with E-state index in [1.165, 1.54) is 56.2 Å². The third kappa shape index (κ3) is 1.86. The molecule has 0 N–H and O–H groups in total. The normalized spacial score (nSPS) is 20.9. The Labute approximate surface area is 102 Å². The van der Waals surface area contributed by atoms with Crippen LogP contribution in [-0.4, -0.2) is 9.78 Å². The molecule has 17 heavy (non-hydrogen) atoms. The first-order chi connectivity index (χ1) is 8.40. The highest BCUT2D eigenvalue weighted by atomic mass is 15.3. The average molecular weight is 229 g/mol. The van der Waals surface area contributed by atoms with Crippen molar-refractivity contribution in [3.05, 3.63) is 17.0 Å². The molecule has 3 rings (SSSR count). The highest BCUT2D eigenvalue weighted by Gasteiger charge is 2.25. The van der Waals surface area contributed by atoms with Crippen LogP contribution >= 0.6 is 0 Å². The third-order valence-corrected chi connectivity index (χ3v) is 4.21. The molecule has 0 radical (unpaired) electrons. The van der Waals surface area contributed by atoms with E-state index in [0.717, 1.165) is 18.5 Å². The Morgan fingerprint density at radius 2 is 1.82 bits per heavy atom. The zero-order valence-corrected chi connectivity index (χ0v) is 10.3. The fourth-order valence-corrected chi connectivity index (χ4v) is 3.28. The average Bonchev–Trinajstić information content (AvgIpc) is 2.78. The Hall–Kier alpha value is -1.30. The van der Waals surface area contributed by atoms with E-state index in [1.54, 1.807) is 0 Å². The number of hydrogen-bond donors (Lipinski definition) is 0. The van der Waals surface area contributed by atoms with Gasteiger partial charge in [0.1, 0.15) is 11.8 Å². The van der Waals surface area contributed by atoms with Crippen LogP contribution in [0.4, 0.5) is 0 Å². The van der Waals surface area contributed by atoms with Crippen molar-refractivity contribution in [3.63, 3.8) is 0 Å². The highest BCUT2D eigenvalue weighted by molar-refractivity contribution is 5.37. The molecule has 3 nitrogen and oxygen atoms in total. The van der Waals surface area contributed by atoms with Crippen molar-refractivity contribution >= 4 is 0 Å². The van der Waals surface area contributed by atoms with Crippen molar-refractivity contribution in [2.75, 3.05) is 0 Å². The first-order valence-corrected chi connectivity index (χ1v) is 6.90. The first kappa shape index (κ1) is 10.8. The van der Waals surface area contributed by atoms with E-state index >= 15 is 0 Å². The van der Waals surface area contributed by atoms with E-state index in [2.05, 4.69) is 10.8 Å². The predicted octanol–water partition coefficient (Wildman–Crippen LogP) is 3.14. The lowest BCUT2D eigenvalue weighted by atomic mass is 9.94. The van der Waals surface area contributed by atoms with Crippen LogP contribution < -0.4 is 0 Å². The van der Waals surface area contributed by atoms with Crippen LogP contribution in [0.3, 0.4) is 0 Å². The lowest BCUT2D eigenvalue weighted by Crippen LogP contribution is -2.16. The molecule has 0 spiro atoms. The van der Waals surface area contributed by atoms with Crippen molar-refractivity contribution in [1.29, 1.82) is 5.26 Å². The van der Waals surface area contributed by atoms with Crippen molar-refractivity contribution < 1.29 is 0 Å². The molecule has 1 heterocycles. The van der Waals surface area contributed by atoms with E-state index in [0.29, 0.717) is 6.04 Å². The summed E-state index contributed by atoms with van der Waals surface area (Å²) in [6, 6.07) is 2.89. The summed E-state index contributed by atoms with van der Waals surface area (Å²) in [5.41, 5.74) is 3.33. The second-order valence-corrected chi connectivity index (χ2v) is 5.33. The van der Waals surface area contributed by atoms with Crippen LogP contribution in [0.5, 0.6) is 0 Å². The summed E-state index contributed by atoms with van der Waals surface area (Å²) in [6.45, 7) is 0. The molecule has 1 fully saturated rings. The lowest BCUT2D eigenvalue weighted by Gasteiger charge is -2.22. The highest BCUT2D eigenvalue weighted by Crippen LogP contribution is 2.32. The van der Waals surface area contributed by atoms with E-state index in [4.69, 9.17) is 5.10 Å². The Kier molecular flexibility index (Phi) is 2.88. The summed E-state index contributed by atoms with van der Waals surface area (Å²) in [4.78, 5) is 0. The molecule has 2 aliphatic rings. The number of fused-ring (bicyclic) bond motifs is 1. The zero-order valence-electron chi connectivity index (χ0n) is 10.3. The smallest absolute Gasteiger partial charge is 0.142 e. The van der Waals surface area contributed by atoms with Crippen molar-refractivity contribution in [3.8, 4) is 6.07 Å². The molecule has 2 aliphatic carbocycles. The molecule has 0 saturated heterocycles. The molecule has 1 aromatic heterocycles. The van der Waals surface area contributed by atoms with Gasteiger partial charge in [0, 0.05) is 5.56 Å². The van der Waals surface area contributed by atoms with Gasteiger partial charge < -0.3 is 0 Å². The van der Waals surface area contributed by atoms with Gasteiger partial charge in [0.05, 0.1) is 11.7 Å². The van der Waals surface area contributed by atoms with Gasteiger partial charge in [-0.1, -0.05) is 19.3 Å². The van der Waals surface area contributed by atoms with Gasteiger partial charge in [0.15, 0.2) is 0 Å². The maximum atomic E-state index is 9.38. The molecular formula is C14H19N3. The number of aryl methyl sites for hydroxylation is 1. The predicted molar refractivity (Wildman–Crippen MR) is 65.7 cm³/mol. The monoisotopic (exact) mass is 229 g/mol. The fraction of sp³-hybridized carbons (Fsp3) is 0.714. The fourth-order valence-electron chi connectivity index (χ4n) is 3.28. The maximum absolute atomic E-state index is 9.38. The standard InChI is InChI=1S/C14H19N3/c15-10-14-12-8-4-5-9-13(12)16-17(14)11-6-2-1-3-7-11/h11H,1-9H2. The largest absolute Gasteiger partial charge is 0.251 e. The number of nitriles is 1. The molecule has 1 saturated carbocycles. The van der Waals surface area contributed by atoms with Gasteiger partial charge in [-0.2, -0.15) is 10.4 Å². The van der Waals surface area contributed by atoms with E-state index in [9.17, 15) is 5.26 Å². The minimum absolute atomic E-state index is 0.490. The van der Waals surface area contributed by atoms with Crippen molar-refractivity contribution in [2.24, 2.45) is 0 Å². The minimum Gasteiger partial charge on any atom is -0.251 e. The molecule has 0 unspecified atom stereocenters. The minimum atomic E-state index is 0.490. The van der Waals surface area contributed by atoms with Gasteiger partial charge in [-0.25, -0.2) is 0 Å². The van der Waals surface area contributed by atoms with Crippen molar-refractivity contribution in [1.82, 2.24) is 9.78 Å². The second kappa shape index (κ2) is 4.52. The van der Waals surface area contributed by atoms with Gasteiger partial charge in [-0.15, -0.1) is 0 Å². The third-order valence-electron chi connectivity index (χ3n) is 4.21. The quantitative estimate of drug-likeness (QED) is 0.742. The van der Waals surface area contributed by atoms with Crippen LogP contribution in [0.15, 0.2) is 0 Å². The van der Waals surface area contributed by atoms with E-state index < -0.39 is 0 Å². The topological polar surface area (TPSA) is 41.6 Å². The SMILES string of the molecule is N#Cc1c2c(nn1C1CCCCC1)CCCC2. The van der Waals surface area contributed by atoms with Gasteiger partial charge in [0.25, 0.3) is 0 Å². The molecule has 90 valence electrons. The van der Waals surface area contributed by atoms with Crippen LogP contribution in [0, 0.1) is 11.3 Å². The summed E-state index contributed by atoms with van der Waals surface area (Å²) in [5, 5.41) is 14.1. The van der Waals surface area contributed by atoms with Gasteiger partial charge in [-0.3, -0.25) is 4.68 Å². The second-order valence-electron chi connectivity index (χ2n) is 5.33. The molecule has 1 aromatic rings. The molecular weight excluding hydrogens is 210 g/mol. The van der Waals surface area contributed by atoms with Crippen LogP contribution in [0.25, 0.3) is 0 Å². The molecule has 0 amide bonds. The number of aromatic nitrogens is 2. The summed E-state index contributed by atoms with van der Waals surface area (Å²) in [7, 11) is 0. The first-order valence-electron chi connectivity index (χ1n) is 6.90. The molecule has 0 aliphatic heterocycles. The maximum Gasteiger partial charge on any atom is 0.142 e. The molecule has 0 atom stereocenters. The zero-order chi connectivity index (χ0) is 11.7. The van der Waals surface area contributed by atoms with E-state index in [-0.39, 0.29) is 0 Å².